The van der Waals surface area contributed by atoms with Crippen molar-refractivity contribution >= 4 is 11.8 Å². The van der Waals surface area contributed by atoms with Crippen LogP contribution in [0.2, 0.25) is 0 Å². The van der Waals surface area contributed by atoms with Crippen molar-refractivity contribution in [2.45, 2.75) is 51.7 Å². The van der Waals surface area contributed by atoms with Gasteiger partial charge < -0.3 is 20.3 Å². The third-order valence-electron chi connectivity index (χ3n) is 6.66. The highest BCUT2D eigenvalue weighted by Crippen LogP contribution is 2.33. The van der Waals surface area contributed by atoms with Crippen LogP contribution in [0.4, 0.5) is 5.82 Å². The number of aryl methyl sites for hydroxylation is 2. The Bertz CT molecular complexity index is 872. The van der Waals surface area contributed by atoms with Crippen molar-refractivity contribution in [3.8, 4) is 0 Å². The van der Waals surface area contributed by atoms with E-state index in [0.29, 0.717) is 12.0 Å². The number of anilines is 1. The zero-order chi connectivity index (χ0) is 22.3. The van der Waals surface area contributed by atoms with Gasteiger partial charge in [0.15, 0.2) is 5.96 Å². The van der Waals surface area contributed by atoms with Gasteiger partial charge in [0, 0.05) is 51.4 Å². The summed E-state index contributed by atoms with van der Waals surface area (Å²) in [4.78, 5) is 11.4. The molecular formula is C26H37N5O. The van der Waals surface area contributed by atoms with Crippen molar-refractivity contribution in [3.05, 3.63) is 59.3 Å². The molecular weight excluding hydrogens is 398 g/mol. The van der Waals surface area contributed by atoms with Crippen molar-refractivity contribution in [2.24, 2.45) is 10.9 Å². The number of nitrogens with one attached hydrogen (secondary N) is 2. The smallest absolute Gasteiger partial charge is 0.191 e. The molecule has 0 radical (unpaired) electrons. The average Bonchev–Trinajstić information content (AvgIpc) is 2.83. The normalized spacial score (nSPS) is 22.6. The van der Waals surface area contributed by atoms with Gasteiger partial charge in [0.1, 0.15) is 5.82 Å². The van der Waals surface area contributed by atoms with Crippen LogP contribution in [-0.2, 0) is 4.74 Å². The predicted molar refractivity (Wildman–Crippen MR) is 131 cm³/mol. The van der Waals surface area contributed by atoms with Gasteiger partial charge in [-0.05, 0) is 56.7 Å². The third-order valence-corrected chi connectivity index (χ3v) is 6.66. The number of nitrogens with zero attached hydrogens (tertiary/aromatic N) is 3. The number of guanidine groups is 1. The quantitative estimate of drug-likeness (QED) is 0.549. The van der Waals surface area contributed by atoms with Crippen LogP contribution in [0.25, 0.3) is 0 Å². The highest BCUT2D eigenvalue weighted by molar-refractivity contribution is 5.80. The molecule has 2 unspecified atom stereocenters. The lowest BCUT2D eigenvalue weighted by Gasteiger charge is -2.35. The Labute approximate surface area is 192 Å². The molecule has 1 aromatic carbocycles. The molecule has 1 aromatic heterocycles. The van der Waals surface area contributed by atoms with Gasteiger partial charge in [-0.2, -0.15) is 0 Å². The molecule has 2 fully saturated rings. The first-order chi connectivity index (χ1) is 15.6. The van der Waals surface area contributed by atoms with Crippen LogP contribution < -0.4 is 15.5 Å². The van der Waals surface area contributed by atoms with Crippen LogP contribution in [0.3, 0.4) is 0 Å². The standard InChI is InChI=1S/C26H37N5O/c1-19-6-9-21(10-7-19)25-22(5-4-16-32-25)18-29-26(27-3)30-23-12-14-31(15-13-23)24-11-8-20(2)17-28-24/h6-11,17,22-23,25H,4-5,12-16,18H2,1-3H3,(H2,27,29,30). The molecule has 4 rings (SSSR count). The molecule has 2 saturated heterocycles. The van der Waals surface area contributed by atoms with E-state index in [0.717, 1.165) is 57.3 Å². The molecule has 2 aromatic rings. The van der Waals surface area contributed by atoms with E-state index in [2.05, 4.69) is 75.8 Å². The number of hydrogen-bond acceptors (Lipinski definition) is 4. The van der Waals surface area contributed by atoms with Crippen LogP contribution in [0.15, 0.2) is 47.6 Å². The molecule has 2 aliphatic rings. The Hall–Kier alpha value is -2.60. The molecule has 0 aliphatic carbocycles. The summed E-state index contributed by atoms with van der Waals surface area (Å²) in [5.41, 5.74) is 3.77. The Morgan fingerprint density at radius 3 is 2.50 bits per heavy atom. The summed E-state index contributed by atoms with van der Waals surface area (Å²) in [6, 6.07) is 13.5. The van der Waals surface area contributed by atoms with Gasteiger partial charge in [0.25, 0.3) is 0 Å². The van der Waals surface area contributed by atoms with Gasteiger partial charge in [-0.1, -0.05) is 35.9 Å². The maximum atomic E-state index is 6.18. The van der Waals surface area contributed by atoms with E-state index in [4.69, 9.17) is 4.74 Å². The molecule has 3 heterocycles. The fourth-order valence-corrected chi connectivity index (χ4v) is 4.69. The molecule has 172 valence electrons. The summed E-state index contributed by atoms with van der Waals surface area (Å²) < 4.78 is 6.18. The van der Waals surface area contributed by atoms with E-state index in [-0.39, 0.29) is 6.10 Å². The molecule has 0 saturated carbocycles. The summed E-state index contributed by atoms with van der Waals surface area (Å²) in [5.74, 6) is 2.42. The van der Waals surface area contributed by atoms with Crippen molar-refractivity contribution in [1.29, 1.82) is 0 Å². The van der Waals surface area contributed by atoms with Crippen LogP contribution in [0, 0.1) is 19.8 Å². The first-order valence-electron chi connectivity index (χ1n) is 12.0. The zero-order valence-electron chi connectivity index (χ0n) is 19.7. The van der Waals surface area contributed by atoms with Gasteiger partial charge in [-0.25, -0.2) is 4.98 Å². The maximum absolute atomic E-state index is 6.18. The zero-order valence-corrected chi connectivity index (χ0v) is 19.7. The van der Waals surface area contributed by atoms with Crippen LogP contribution in [0.1, 0.15) is 48.5 Å². The highest BCUT2D eigenvalue weighted by atomic mass is 16.5. The Morgan fingerprint density at radius 2 is 1.81 bits per heavy atom. The second kappa shape index (κ2) is 10.8. The van der Waals surface area contributed by atoms with E-state index in [9.17, 15) is 0 Å². The molecule has 0 amide bonds. The Morgan fingerprint density at radius 1 is 1.06 bits per heavy atom. The number of aliphatic imine (C=N–C) groups is 1. The minimum atomic E-state index is 0.153. The fourth-order valence-electron chi connectivity index (χ4n) is 4.69. The summed E-state index contributed by atoms with van der Waals surface area (Å²) in [6.45, 7) is 7.93. The van der Waals surface area contributed by atoms with E-state index in [1.54, 1.807) is 0 Å². The summed E-state index contributed by atoms with van der Waals surface area (Å²) >= 11 is 0. The maximum Gasteiger partial charge on any atom is 0.191 e. The van der Waals surface area contributed by atoms with Crippen LogP contribution in [0.5, 0.6) is 0 Å². The van der Waals surface area contributed by atoms with Gasteiger partial charge in [-0.15, -0.1) is 0 Å². The molecule has 0 spiro atoms. The SMILES string of the molecule is CN=C(NCC1CCCOC1c1ccc(C)cc1)NC1CCN(c2ccc(C)cn2)CC1. The lowest BCUT2D eigenvalue weighted by molar-refractivity contribution is -0.0265. The van der Waals surface area contributed by atoms with Crippen molar-refractivity contribution in [1.82, 2.24) is 15.6 Å². The molecule has 32 heavy (non-hydrogen) atoms. The van der Waals surface area contributed by atoms with Crippen molar-refractivity contribution in [3.63, 3.8) is 0 Å². The molecule has 6 nitrogen and oxygen atoms in total. The summed E-state index contributed by atoms with van der Waals surface area (Å²) in [7, 11) is 1.86. The molecule has 2 aliphatic heterocycles. The number of rotatable bonds is 5. The Balaban J connectivity index is 1.27. The largest absolute Gasteiger partial charge is 0.373 e. The van der Waals surface area contributed by atoms with Gasteiger partial charge in [0.05, 0.1) is 6.10 Å². The molecule has 2 N–H and O–H groups in total. The fraction of sp³-hybridized carbons (Fsp3) is 0.538. The van der Waals surface area contributed by atoms with Crippen LogP contribution in [-0.4, -0.2) is 50.3 Å². The van der Waals surface area contributed by atoms with Gasteiger partial charge in [0.2, 0.25) is 0 Å². The van der Waals surface area contributed by atoms with E-state index in [1.165, 1.54) is 23.1 Å². The number of piperidine rings is 1. The third kappa shape index (κ3) is 5.80. The number of aromatic nitrogens is 1. The topological polar surface area (TPSA) is 61.8 Å². The lowest BCUT2D eigenvalue weighted by atomic mass is 9.89. The highest BCUT2D eigenvalue weighted by Gasteiger charge is 2.28. The number of hydrogen-bond donors (Lipinski definition) is 2. The van der Waals surface area contributed by atoms with Crippen molar-refractivity contribution in [2.75, 3.05) is 38.2 Å². The minimum absolute atomic E-state index is 0.153. The second-order valence-corrected chi connectivity index (χ2v) is 9.16. The van der Waals surface area contributed by atoms with Gasteiger partial charge in [-0.3, -0.25) is 4.99 Å². The van der Waals surface area contributed by atoms with E-state index in [1.807, 2.05) is 13.2 Å². The second-order valence-electron chi connectivity index (χ2n) is 9.16. The summed E-state index contributed by atoms with van der Waals surface area (Å²) in [6.07, 6.45) is 6.55. The van der Waals surface area contributed by atoms with Crippen LogP contribution >= 0.6 is 0 Å². The first-order valence-corrected chi connectivity index (χ1v) is 12.0. The van der Waals surface area contributed by atoms with Crippen molar-refractivity contribution < 1.29 is 4.74 Å². The molecule has 2 atom stereocenters. The number of ether oxygens (including phenoxy) is 1. The average molecular weight is 436 g/mol. The summed E-state index contributed by atoms with van der Waals surface area (Å²) in [5, 5.41) is 7.22. The Kier molecular flexibility index (Phi) is 7.63. The lowest BCUT2D eigenvalue weighted by Crippen LogP contribution is -2.50. The number of pyridine rings is 1. The van der Waals surface area contributed by atoms with E-state index >= 15 is 0 Å². The molecule has 6 heteroatoms. The predicted octanol–water partition coefficient (Wildman–Crippen LogP) is 4.00. The monoisotopic (exact) mass is 435 g/mol. The number of benzene rings is 1. The van der Waals surface area contributed by atoms with Gasteiger partial charge >= 0.3 is 0 Å². The minimum Gasteiger partial charge on any atom is -0.373 e. The van der Waals surface area contributed by atoms with E-state index < -0.39 is 0 Å². The molecule has 0 bridgehead atoms. The first kappa shape index (κ1) is 22.6.